The van der Waals surface area contributed by atoms with Gasteiger partial charge in [0.15, 0.2) is 0 Å². The van der Waals surface area contributed by atoms with E-state index in [1.807, 2.05) is 0 Å². The van der Waals surface area contributed by atoms with E-state index in [1.54, 1.807) is 0 Å². The Bertz CT molecular complexity index is 325. The smallest absolute Gasteiger partial charge is 0.0782 e. The van der Waals surface area contributed by atoms with Crippen LogP contribution in [0, 0.1) is 0 Å². The number of quaternary nitrogens is 1. The van der Waals surface area contributed by atoms with Crippen molar-refractivity contribution in [2.75, 3.05) is 47.8 Å². The van der Waals surface area contributed by atoms with Gasteiger partial charge in [-0.05, 0) is 52.7 Å². The van der Waals surface area contributed by atoms with Crippen LogP contribution < -0.4 is 0 Å². The second-order valence-corrected chi connectivity index (χ2v) is 10.9. The zero-order valence-corrected chi connectivity index (χ0v) is 22.2. The van der Waals surface area contributed by atoms with E-state index >= 15 is 0 Å². The summed E-state index contributed by atoms with van der Waals surface area (Å²) in [6, 6.07) is 0. The summed E-state index contributed by atoms with van der Waals surface area (Å²) >= 11 is 0. The molecular weight excluding hydrogens is 364 g/mol. The Morgan fingerprint density at radius 3 is 1.07 bits per heavy atom. The normalized spacial score (nSPS) is 12.2. The molecular formula is C28H61N2+. The van der Waals surface area contributed by atoms with Gasteiger partial charge in [-0.2, -0.15) is 0 Å². The molecule has 0 amide bonds. The number of hydrogen-bond acceptors (Lipinski definition) is 1. The minimum atomic E-state index is 1.23. The van der Waals surface area contributed by atoms with Gasteiger partial charge in [0.05, 0.1) is 27.2 Å². The van der Waals surface area contributed by atoms with E-state index in [9.17, 15) is 0 Å². The quantitative estimate of drug-likeness (QED) is 0.111. The molecule has 0 N–H and O–H groups in total. The molecule has 2 nitrogen and oxygen atoms in total. The zero-order valence-electron chi connectivity index (χ0n) is 22.2. The second-order valence-electron chi connectivity index (χ2n) is 10.9. The van der Waals surface area contributed by atoms with Gasteiger partial charge in [0, 0.05) is 0 Å². The maximum Gasteiger partial charge on any atom is 0.0782 e. The summed E-state index contributed by atoms with van der Waals surface area (Å²) in [7, 11) is 9.23. The van der Waals surface area contributed by atoms with Crippen molar-refractivity contribution < 1.29 is 4.48 Å². The number of nitrogens with zero attached hydrogens (tertiary/aromatic N) is 2. The molecule has 0 aliphatic heterocycles. The summed E-state index contributed by atoms with van der Waals surface area (Å²) in [6.07, 6.45) is 29.0. The van der Waals surface area contributed by atoms with Crippen LogP contribution in [0.3, 0.4) is 0 Å². The van der Waals surface area contributed by atoms with Crippen LogP contribution in [0.1, 0.15) is 135 Å². The maximum atomic E-state index is 2.44. The fraction of sp³-hybridized carbons (Fsp3) is 1.00. The highest BCUT2D eigenvalue weighted by atomic mass is 15.3. The summed E-state index contributed by atoms with van der Waals surface area (Å²) in [4.78, 5) is 2.30. The molecule has 0 saturated heterocycles. The summed E-state index contributed by atoms with van der Waals surface area (Å²) in [5.41, 5.74) is 0. The highest BCUT2D eigenvalue weighted by Crippen LogP contribution is 2.14. The molecule has 0 atom stereocenters. The fourth-order valence-electron chi connectivity index (χ4n) is 4.52. The minimum absolute atomic E-state index is 1.23. The third kappa shape index (κ3) is 24.2. The van der Waals surface area contributed by atoms with Crippen LogP contribution in [-0.4, -0.2) is 57.2 Å². The lowest BCUT2D eigenvalue weighted by Gasteiger charge is -2.30. The first kappa shape index (κ1) is 29.9. The predicted molar refractivity (Wildman–Crippen MR) is 138 cm³/mol. The standard InChI is InChI=1S/C28H61N2/c1-6-7-8-9-10-11-12-13-14-15-16-17-18-19-21-24-27-30(4,5)28-25-22-20-23-26-29(2)3/h6-28H2,1-5H3/q+1. The average Bonchev–Trinajstić information content (AvgIpc) is 2.70. The Morgan fingerprint density at radius 2 is 0.733 bits per heavy atom. The SMILES string of the molecule is CCCCCCCCCCCCCCCCCC[N+](C)(C)CCCCCCN(C)C. The molecule has 30 heavy (non-hydrogen) atoms. The summed E-state index contributed by atoms with van der Waals surface area (Å²) in [6.45, 7) is 6.28. The summed E-state index contributed by atoms with van der Waals surface area (Å²) < 4.78 is 1.23. The van der Waals surface area contributed by atoms with Crippen LogP contribution in [0.2, 0.25) is 0 Å². The van der Waals surface area contributed by atoms with Crippen molar-refractivity contribution in [1.29, 1.82) is 0 Å². The van der Waals surface area contributed by atoms with Gasteiger partial charge in [-0.25, -0.2) is 0 Å². The molecule has 0 heterocycles. The molecule has 182 valence electrons. The molecule has 0 aliphatic rings. The van der Waals surface area contributed by atoms with Crippen molar-refractivity contribution in [3.63, 3.8) is 0 Å². The molecule has 0 bridgehead atoms. The first-order valence-electron chi connectivity index (χ1n) is 13.9. The molecule has 0 aromatic rings. The van der Waals surface area contributed by atoms with Gasteiger partial charge in [-0.3, -0.25) is 0 Å². The number of hydrogen-bond donors (Lipinski definition) is 0. The molecule has 0 spiro atoms. The van der Waals surface area contributed by atoms with Crippen molar-refractivity contribution in [2.24, 2.45) is 0 Å². The van der Waals surface area contributed by atoms with E-state index in [4.69, 9.17) is 0 Å². The van der Waals surface area contributed by atoms with Gasteiger partial charge in [-0.1, -0.05) is 103 Å². The van der Waals surface area contributed by atoms with Crippen LogP contribution in [0.15, 0.2) is 0 Å². The van der Waals surface area contributed by atoms with Crippen LogP contribution >= 0.6 is 0 Å². The molecule has 0 aliphatic carbocycles. The Morgan fingerprint density at radius 1 is 0.433 bits per heavy atom. The Kier molecular flexibility index (Phi) is 22.1. The van der Waals surface area contributed by atoms with Crippen molar-refractivity contribution in [3.05, 3.63) is 0 Å². The lowest BCUT2D eigenvalue weighted by Crippen LogP contribution is -2.41. The third-order valence-electron chi connectivity index (χ3n) is 6.74. The van der Waals surface area contributed by atoms with Crippen LogP contribution in [-0.2, 0) is 0 Å². The van der Waals surface area contributed by atoms with Crippen molar-refractivity contribution in [1.82, 2.24) is 4.90 Å². The topological polar surface area (TPSA) is 3.24 Å². The highest BCUT2D eigenvalue weighted by molar-refractivity contribution is 4.51. The van der Waals surface area contributed by atoms with Crippen molar-refractivity contribution in [2.45, 2.75) is 135 Å². The largest absolute Gasteiger partial charge is 0.328 e. The van der Waals surface area contributed by atoms with Crippen LogP contribution in [0.4, 0.5) is 0 Å². The molecule has 0 aromatic heterocycles. The summed E-state index contributed by atoms with van der Waals surface area (Å²) in [5, 5.41) is 0. The molecule has 0 aromatic carbocycles. The van der Waals surface area contributed by atoms with Gasteiger partial charge in [0.1, 0.15) is 0 Å². The molecule has 0 radical (unpaired) electrons. The van der Waals surface area contributed by atoms with E-state index in [0.29, 0.717) is 0 Å². The highest BCUT2D eigenvalue weighted by Gasteiger charge is 2.13. The monoisotopic (exact) mass is 425 g/mol. The van der Waals surface area contributed by atoms with E-state index in [0.717, 1.165) is 0 Å². The molecule has 0 saturated carbocycles. The predicted octanol–water partition coefficient (Wildman–Crippen LogP) is 8.45. The Hall–Kier alpha value is -0.0800. The third-order valence-corrected chi connectivity index (χ3v) is 6.74. The van der Waals surface area contributed by atoms with Gasteiger partial charge < -0.3 is 9.38 Å². The van der Waals surface area contributed by atoms with E-state index in [2.05, 4.69) is 40.0 Å². The molecule has 0 fully saturated rings. The minimum Gasteiger partial charge on any atom is -0.328 e. The second kappa shape index (κ2) is 22.1. The van der Waals surface area contributed by atoms with Crippen LogP contribution in [0.25, 0.3) is 0 Å². The Balaban J connectivity index is 3.26. The van der Waals surface area contributed by atoms with E-state index < -0.39 is 0 Å². The Labute approximate surface area is 192 Å². The number of rotatable bonds is 24. The molecule has 0 rings (SSSR count). The first-order valence-corrected chi connectivity index (χ1v) is 13.9. The molecule has 0 unspecified atom stereocenters. The maximum absolute atomic E-state index is 2.44. The van der Waals surface area contributed by atoms with Crippen LogP contribution in [0.5, 0.6) is 0 Å². The van der Waals surface area contributed by atoms with Gasteiger partial charge in [0.25, 0.3) is 0 Å². The van der Waals surface area contributed by atoms with Gasteiger partial charge in [0.2, 0.25) is 0 Å². The lowest BCUT2D eigenvalue weighted by atomic mass is 10.0. The lowest BCUT2D eigenvalue weighted by molar-refractivity contribution is -0.890. The molecule has 2 heteroatoms. The summed E-state index contributed by atoms with van der Waals surface area (Å²) in [5.74, 6) is 0. The van der Waals surface area contributed by atoms with E-state index in [1.165, 1.54) is 153 Å². The fourth-order valence-corrected chi connectivity index (χ4v) is 4.52. The van der Waals surface area contributed by atoms with Crippen molar-refractivity contribution >= 4 is 0 Å². The first-order chi connectivity index (χ1) is 14.5. The van der Waals surface area contributed by atoms with Gasteiger partial charge >= 0.3 is 0 Å². The van der Waals surface area contributed by atoms with E-state index in [-0.39, 0.29) is 0 Å². The zero-order chi connectivity index (χ0) is 22.3. The van der Waals surface area contributed by atoms with Crippen molar-refractivity contribution in [3.8, 4) is 0 Å². The number of unbranched alkanes of at least 4 members (excludes halogenated alkanes) is 18. The van der Waals surface area contributed by atoms with Gasteiger partial charge in [-0.15, -0.1) is 0 Å². The average molecular weight is 426 g/mol.